The third-order valence-electron chi connectivity index (χ3n) is 8.20. The average Bonchev–Trinajstić information content (AvgIpc) is 3.64. The monoisotopic (exact) mass is 533 g/mol. The fourth-order valence-corrected chi connectivity index (χ4v) is 6.34. The minimum absolute atomic E-state index is 0.0967. The summed E-state index contributed by atoms with van der Waals surface area (Å²) in [5, 5.41) is 18.7. The number of alkyl halides is 2. The maximum atomic E-state index is 15.0. The Labute approximate surface area is 219 Å². The van der Waals surface area contributed by atoms with Gasteiger partial charge < -0.3 is 20.9 Å². The van der Waals surface area contributed by atoms with Crippen LogP contribution in [0.4, 0.5) is 14.5 Å². The van der Waals surface area contributed by atoms with Crippen LogP contribution in [0.5, 0.6) is 0 Å². The van der Waals surface area contributed by atoms with Crippen LogP contribution in [0, 0.1) is 23.2 Å². The van der Waals surface area contributed by atoms with Crippen LogP contribution < -0.4 is 16.0 Å². The molecule has 37 heavy (non-hydrogen) atoms. The highest BCUT2D eigenvalue weighted by molar-refractivity contribution is 6.30. The van der Waals surface area contributed by atoms with Gasteiger partial charge in [0.25, 0.3) is 5.92 Å². The second-order valence-electron chi connectivity index (χ2n) is 10.7. The number of carbonyl (C=O) groups excluding carboxylic acids is 3. The number of nitrogens with zero attached hydrogens (tertiary/aromatic N) is 2. The highest BCUT2D eigenvalue weighted by Gasteiger charge is 2.64. The van der Waals surface area contributed by atoms with Crippen LogP contribution in [-0.4, -0.2) is 58.8 Å². The van der Waals surface area contributed by atoms with Crippen molar-refractivity contribution in [2.75, 3.05) is 11.9 Å². The van der Waals surface area contributed by atoms with Gasteiger partial charge in [-0.15, -0.1) is 0 Å². The Morgan fingerprint density at radius 2 is 2.05 bits per heavy atom. The van der Waals surface area contributed by atoms with Crippen LogP contribution in [0.15, 0.2) is 24.3 Å². The predicted octanol–water partition coefficient (Wildman–Crippen LogP) is 3.22. The Hall–Kier alpha value is -2.93. The summed E-state index contributed by atoms with van der Waals surface area (Å²) in [5.41, 5.74) is -0.340. The molecule has 2 bridgehead atoms. The number of piperidine rings is 3. The van der Waals surface area contributed by atoms with Crippen LogP contribution in [-0.2, 0) is 14.4 Å². The van der Waals surface area contributed by atoms with Gasteiger partial charge in [-0.05, 0) is 63.1 Å². The van der Waals surface area contributed by atoms with Crippen molar-refractivity contribution in [2.45, 2.75) is 81.0 Å². The summed E-state index contributed by atoms with van der Waals surface area (Å²) in [6.45, 7) is 0.571. The second kappa shape index (κ2) is 9.75. The molecule has 1 aromatic rings. The summed E-state index contributed by atoms with van der Waals surface area (Å²) in [6.07, 6.45) is 2.51. The van der Waals surface area contributed by atoms with Gasteiger partial charge in [-0.1, -0.05) is 17.7 Å². The standard InChI is InChI=1S/C26H30ClF2N5O3/c27-16-4-1-5-17(12-16)33-25(8-9-25)24(37)34-19-6-7-20(26(28,29)13-19)21(34)23(36)32-18(14-30)11-15-3-2-10-31-22(15)35/h1,4-5,12,15,18-21,33H,2-3,6-11,13H2,(H,31,35)(H,32,36)/t15-,18-,19-,20-,21+/m0/s1. The van der Waals surface area contributed by atoms with Gasteiger partial charge in [0.2, 0.25) is 17.7 Å². The fourth-order valence-electron chi connectivity index (χ4n) is 6.15. The maximum absolute atomic E-state index is 15.0. The third kappa shape index (κ3) is 4.98. The zero-order valence-electron chi connectivity index (χ0n) is 20.3. The first-order valence-electron chi connectivity index (χ1n) is 12.9. The number of hydrogen-bond acceptors (Lipinski definition) is 5. The first kappa shape index (κ1) is 25.7. The SMILES string of the molecule is N#C[C@H](C[C@@H]1CCCNC1=O)NC(=O)[C@H]1[C@@H]2CC[C@@H](CC2(F)F)N1C(=O)C1(Nc2cccc(Cl)c2)CC1. The first-order valence-corrected chi connectivity index (χ1v) is 13.2. The molecule has 3 aliphatic heterocycles. The quantitative estimate of drug-likeness (QED) is 0.498. The molecule has 5 aliphatic rings. The highest BCUT2D eigenvalue weighted by atomic mass is 35.5. The van der Waals surface area contributed by atoms with Crippen molar-refractivity contribution in [3.8, 4) is 6.07 Å². The number of anilines is 1. The lowest BCUT2D eigenvalue weighted by atomic mass is 9.71. The van der Waals surface area contributed by atoms with Crippen LogP contribution >= 0.6 is 11.6 Å². The van der Waals surface area contributed by atoms with Crippen molar-refractivity contribution in [1.82, 2.24) is 15.5 Å². The van der Waals surface area contributed by atoms with E-state index in [1.165, 1.54) is 4.90 Å². The molecule has 0 aromatic heterocycles. The number of carbonyl (C=O) groups is 3. The molecule has 1 aromatic carbocycles. The first-order chi connectivity index (χ1) is 17.6. The fraction of sp³-hybridized carbons (Fsp3) is 0.615. The summed E-state index contributed by atoms with van der Waals surface area (Å²) in [7, 11) is 0. The number of nitrogens with one attached hydrogen (secondary N) is 3. The van der Waals surface area contributed by atoms with E-state index in [0.717, 1.165) is 6.42 Å². The molecule has 5 atom stereocenters. The van der Waals surface area contributed by atoms with Gasteiger partial charge in [-0.3, -0.25) is 14.4 Å². The predicted molar refractivity (Wildman–Crippen MR) is 132 cm³/mol. The molecule has 2 aliphatic carbocycles. The third-order valence-corrected chi connectivity index (χ3v) is 8.43. The van der Waals surface area contributed by atoms with Gasteiger partial charge in [-0.25, -0.2) is 8.78 Å². The number of rotatable bonds is 7. The lowest BCUT2D eigenvalue weighted by molar-refractivity contribution is -0.195. The number of nitriles is 1. The number of amides is 3. The molecule has 3 N–H and O–H groups in total. The second-order valence-corrected chi connectivity index (χ2v) is 11.2. The molecule has 198 valence electrons. The molecule has 8 nitrogen and oxygen atoms in total. The lowest BCUT2D eigenvalue weighted by Gasteiger charge is -2.54. The van der Waals surface area contributed by atoms with Crippen molar-refractivity contribution in [1.29, 1.82) is 5.26 Å². The zero-order chi connectivity index (χ0) is 26.4. The molecule has 5 fully saturated rings. The van der Waals surface area contributed by atoms with E-state index in [4.69, 9.17) is 11.6 Å². The Bertz CT molecular complexity index is 1140. The maximum Gasteiger partial charge on any atom is 0.255 e. The van der Waals surface area contributed by atoms with E-state index >= 15 is 8.78 Å². The van der Waals surface area contributed by atoms with Gasteiger partial charge >= 0.3 is 0 Å². The molecule has 3 amide bonds. The molecule has 3 heterocycles. The van der Waals surface area contributed by atoms with Gasteiger partial charge in [0.05, 0.1) is 12.0 Å². The number of benzene rings is 1. The molecule has 0 spiro atoms. The van der Waals surface area contributed by atoms with Crippen molar-refractivity contribution < 1.29 is 23.2 Å². The smallest absolute Gasteiger partial charge is 0.255 e. The van der Waals surface area contributed by atoms with E-state index in [1.807, 2.05) is 6.07 Å². The van der Waals surface area contributed by atoms with E-state index in [1.54, 1.807) is 24.3 Å². The van der Waals surface area contributed by atoms with Crippen molar-refractivity contribution in [2.24, 2.45) is 11.8 Å². The van der Waals surface area contributed by atoms with E-state index in [-0.39, 0.29) is 24.7 Å². The zero-order valence-corrected chi connectivity index (χ0v) is 21.1. The summed E-state index contributed by atoms with van der Waals surface area (Å²) in [5.74, 6) is -6.17. The number of hydrogen-bond donors (Lipinski definition) is 3. The van der Waals surface area contributed by atoms with Gasteiger partial charge in [-0.2, -0.15) is 5.26 Å². The molecule has 0 unspecified atom stereocenters. The molecular formula is C26H30ClF2N5O3. The van der Waals surface area contributed by atoms with E-state index in [2.05, 4.69) is 16.0 Å². The summed E-state index contributed by atoms with van der Waals surface area (Å²) < 4.78 is 30.1. The van der Waals surface area contributed by atoms with E-state index < -0.39 is 53.8 Å². The van der Waals surface area contributed by atoms with Crippen molar-refractivity contribution >= 4 is 35.0 Å². The summed E-state index contributed by atoms with van der Waals surface area (Å²) in [4.78, 5) is 40.9. The number of fused-ring (bicyclic) bond motifs is 3. The van der Waals surface area contributed by atoms with Crippen LogP contribution in [0.25, 0.3) is 0 Å². The van der Waals surface area contributed by atoms with Crippen LogP contribution in [0.1, 0.15) is 51.4 Å². The Morgan fingerprint density at radius 3 is 2.70 bits per heavy atom. The van der Waals surface area contributed by atoms with Crippen LogP contribution in [0.2, 0.25) is 5.02 Å². The normalized spacial score (nSPS) is 30.0. The van der Waals surface area contributed by atoms with Gasteiger partial charge in [0.1, 0.15) is 17.6 Å². The molecule has 11 heteroatoms. The molecule has 3 saturated heterocycles. The molecule has 0 radical (unpaired) electrons. The largest absolute Gasteiger partial charge is 0.371 e. The minimum Gasteiger partial charge on any atom is -0.371 e. The van der Waals surface area contributed by atoms with Gasteiger partial charge in [0.15, 0.2) is 0 Å². The van der Waals surface area contributed by atoms with Crippen LogP contribution in [0.3, 0.4) is 0 Å². The van der Waals surface area contributed by atoms with Gasteiger partial charge in [0, 0.05) is 35.6 Å². The van der Waals surface area contributed by atoms with E-state index in [9.17, 15) is 19.6 Å². The molecule has 6 rings (SSSR count). The van der Waals surface area contributed by atoms with Crippen molar-refractivity contribution in [3.63, 3.8) is 0 Å². The minimum atomic E-state index is -3.09. The number of halogens is 3. The molecular weight excluding hydrogens is 504 g/mol. The Kier molecular flexibility index (Phi) is 6.77. The highest BCUT2D eigenvalue weighted by Crippen LogP contribution is 2.52. The Morgan fingerprint density at radius 1 is 1.27 bits per heavy atom. The molecule has 2 saturated carbocycles. The summed E-state index contributed by atoms with van der Waals surface area (Å²) in [6, 6.07) is 5.75. The lowest BCUT2D eigenvalue weighted by Crippen LogP contribution is -2.70. The summed E-state index contributed by atoms with van der Waals surface area (Å²) >= 11 is 6.09. The van der Waals surface area contributed by atoms with Crippen molar-refractivity contribution in [3.05, 3.63) is 29.3 Å². The Balaban J connectivity index is 1.37. The average molecular weight is 534 g/mol. The topological polar surface area (TPSA) is 114 Å². The van der Waals surface area contributed by atoms with E-state index in [0.29, 0.717) is 42.9 Å².